The summed E-state index contributed by atoms with van der Waals surface area (Å²) in [6.45, 7) is 0.495. The van der Waals surface area contributed by atoms with Crippen LogP contribution in [-0.4, -0.2) is 28.3 Å². The van der Waals surface area contributed by atoms with Crippen LogP contribution in [0.15, 0.2) is 22.6 Å². The summed E-state index contributed by atoms with van der Waals surface area (Å²) in [5.74, 6) is 0.779. The summed E-state index contributed by atoms with van der Waals surface area (Å²) in [5.41, 5.74) is 0.280. The first kappa shape index (κ1) is 13.5. The predicted octanol–water partition coefficient (Wildman–Crippen LogP) is 1.91. The Morgan fingerprint density at radius 2 is 2.29 bits per heavy atom. The van der Waals surface area contributed by atoms with Crippen molar-refractivity contribution in [2.24, 2.45) is 0 Å². The summed E-state index contributed by atoms with van der Waals surface area (Å²) in [5, 5.41) is 22.1. The molecule has 2 aromatic rings. The van der Waals surface area contributed by atoms with Crippen LogP contribution in [0.2, 0.25) is 0 Å². The molecule has 0 unspecified atom stereocenters. The second-order valence-corrected chi connectivity index (χ2v) is 4.77. The number of hydrogen-bond acceptors (Lipinski definition) is 7. The Morgan fingerprint density at radius 3 is 2.95 bits per heavy atom. The summed E-state index contributed by atoms with van der Waals surface area (Å²) < 4.78 is 10.7. The molecule has 0 radical (unpaired) electrons. The number of benzene rings is 1. The molecule has 1 heterocycles. The van der Waals surface area contributed by atoms with Gasteiger partial charge in [0.05, 0.1) is 24.1 Å². The van der Waals surface area contributed by atoms with Crippen molar-refractivity contribution in [1.29, 1.82) is 0 Å². The van der Waals surface area contributed by atoms with E-state index < -0.39 is 4.92 Å². The van der Waals surface area contributed by atoms with E-state index in [1.807, 2.05) is 0 Å². The summed E-state index contributed by atoms with van der Waals surface area (Å²) in [4.78, 5) is 10.5. The van der Waals surface area contributed by atoms with Crippen molar-refractivity contribution in [3.05, 3.63) is 34.2 Å². The quantitative estimate of drug-likeness (QED) is 0.640. The smallest absolute Gasteiger partial charge is 0.311 e. The van der Waals surface area contributed by atoms with Crippen molar-refractivity contribution in [2.45, 2.75) is 25.4 Å². The van der Waals surface area contributed by atoms with E-state index >= 15 is 0 Å². The Morgan fingerprint density at radius 1 is 1.48 bits per heavy atom. The lowest BCUT2D eigenvalue weighted by atomic mass is 10.1. The molecule has 21 heavy (non-hydrogen) atoms. The zero-order valence-electron chi connectivity index (χ0n) is 11.4. The molecular formula is C13H14N4O4. The maximum absolute atomic E-state index is 11.0. The Labute approximate surface area is 120 Å². The minimum Gasteiger partial charge on any atom is -0.490 e. The predicted molar refractivity (Wildman–Crippen MR) is 72.8 cm³/mol. The lowest BCUT2D eigenvalue weighted by molar-refractivity contribution is -0.385. The highest BCUT2D eigenvalue weighted by molar-refractivity contribution is 5.69. The summed E-state index contributed by atoms with van der Waals surface area (Å²) in [6.07, 6.45) is 2.33. The number of nitro groups is 1. The van der Waals surface area contributed by atoms with Crippen LogP contribution in [0.3, 0.4) is 0 Å². The number of methoxy groups -OCH3 is 1. The molecule has 0 aliphatic heterocycles. The Balaban J connectivity index is 1.88. The van der Waals surface area contributed by atoms with Crippen molar-refractivity contribution in [1.82, 2.24) is 15.5 Å². The van der Waals surface area contributed by atoms with Crippen LogP contribution in [-0.2, 0) is 6.54 Å². The van der Waals surface area contributed by atoms with E-state index in [2.05, 4.69) is 15.5 Å². The molecule has 0 bridgehead atoms. The van der Waals surface area contributed by atoms with Gasteiger partial charge in [-0.25, -0.2) is 0 Å². The van der Waals surface area contributed by atoms with E-state index in [0.29, 0.717) is 24.0 Å². The minimum atomic E-state index is -0.506. The van der Waals surface area contributed by atoms with Gasteiger partial charge < -0.3 is 14.5 Å². The molecule has 0 amide bonds. The normalized spacial score (nSPS) is 14.1. The second kappa shape index (κ2) is 5.49. The molecule has 1 aromatic heterocycles. The van der Waals surface area contributed by atoms with Crippen molar-refractivity contribution in [2.75, 3.05) is 7.11 Å². The van der Waals surface area contributed by atoms with Gasteiger partial charge in [0.1, 0.15) is 0 Å². The highest BCUT2D eigenvalue weighted by atomic mass is 16.6. The topological polar surface area (TPSA) is 103 Å². The van der Waals surface area contributed by atoms with Gasteiger partial charge in [-0.05, 0) is 18.9 Å². The molecule has 1 saturated carbocycles. The fourth-order valence-corrected chi connectivity index (χ4v) is 2.00. The average molecular weight is 290 g/mol. The number of hydrogen-bond donors (Lipinski definition) is 1. The zero-order chi connectivity index (χ0) is 14.8. The molecule has 1 aromatic carbocycles. The third kappa shape index (κ3) is 2.84. The molecule has 0 saturated heterocycles. The first-order chi connectivity index (χ1) is 10.2. The molecule has 0 spiro atoms. The van der Waals surface area contributed by atoms with Gasteiger partial charge in [-0.1, -0.05) is 6.07 Å². The fraction of sp³-hybridized carbons (Fsp3) is 0.385. The first-order valence-electron chi connectivity index (χ1n) is 6.56. The molecule has 1 aliphatic carbocycles. The van der Waals surface area contributed by atoms with E-state index in [1.165, 1.54) is 26.0 Å². The van der Waals surface area contributed by atoms with Crippen molar-refractivity contribution >= 4 is 5.69 Å². The van der Waals surface area contributed by atoms with Crippen molar-refractivity contribution in [3.8, 4) is 17.2 Å². The van der Waals surface area contributed by atoms with Gasteiger partial charge in [-0.3, -0.25) is 10.1 Å². The van der Waals surface area contributed by atoms with Crippen LogP contribution < -0.4 is 10.1 Å². The number of para-hydroxylation sites is 1. The van der Waals surface area contributed by atoms with Gasteiger partial charge in [0, 0.05) is 12.1 Å². The third-order valence-corrected chi connectivity index (χ3v) is 3.21. The van der Waals surface area contributed by atoms with Crippen LogP contribution in [0.4, 0.5) is 5.69 Å². The van der Waals surface area contributed by atoms with Crippen LogP contribution in [0.1, 0.15) is 18.7 Å². The number of nitro benzene ring substituents is 1. The van der Waals surface area contributed by atoms with Crippen LogP contribution in [0.25, 0.3) is 11.5 Å². The van der Waals surface area contributed by atoms with Crippen LogP contribution in [0.5, 0.6) is 5.75 Å². The molecule has 1 N–H and O–H groups in total. The van der Waals surface area contributed by atoms with E-state index in [-0.39, 0.29) is 17.3 Å². The van der Waals surface area contributed by atoms with Crippen LogP contribution >= 0.6 is 0 Å². The van der Waals surface area contributed by atoms with Gasteiger partial charge in [-0.15, -0.1) is 10.2 Å². The van der Waals surface area contributed by atoms with E-state index in [9.17, 15) is 10.1 Å². The van der Waals surface area contributed by atoms with Gasteiger partial charge in [-0.2, -0.15) is 0 Å². The highest BCUT2D eigenvalue weighted by Gasteiger charge is 2.24. The van der Waals surface area contributed by atoms with Gasteiger partial charge >= 0.3 is 5.69 Å². The largest absolute Gasteiger partial charge is 0.490 e. The monoisotopic (exact) mass is 290 g/mol. The molecule has 8 heteroatoms. The molecule has 3 rings (SSSR count). The van der Waals surface area contributed by atoms with Crippen molar-refractivity contribution < 1.29 is 14.1 Å². The number of nitrogens with zero attached hydrogens (tertiary/aromatic N) is 3. The number of nitrogens with one attached hydrogen (secondary N) is 1. The standard InChI is InChI=1S/C13H14N4O4/c1-20-12-9(3-2-4-10(12)17(18)19)13-16-15-11(21-13)7-14-8-5-6-8/h2-4,8,14H,5-7H2,1H3. The summed E-state index contributed by atoms with van der Waals surface area (Å²) in [6, 6.07) is 5.11. The summed E-state index contributed by atoms with van der Waals surface area (Å²) >= 11 is 0. The zero-order valence-corrected chi connectivity index (χ0v) is 11.4. The minimum absolute atomic E-state index is 0.118. The molecule has 1 fully saturated rings. The summed E-state index contributed by atoms with van der Waals surface area (Å²) in [7, 11) is 1.37. The van der Waals surface area contributed by atoms with Gasteiger partial charge in [0.25, 0.3) is 5.89 Å². The first-order valence-corrected chi connectivity index (χ1v) is 6.56. The van der Waals surface area contributed by atoms with Gasteiger partial charge in [0.2, 0.25) is 11.6 Å². The van der Waals surface area contributed by atoms with Crippen LogP contribution in [0, 0.1) is 10.1 Å². The third-order valence-electron chi connectivity index (χ3n) is 3.21. The lowest BCUT2D eigenvalue weighted by Gasteiger charge is -2.05. The Hall–Kier alpha value is -2.48. The second-order valence-electron chi connectivity index (χ2n) is 4.77. The molecule has 8 nitrogen and oxygen atoms in total. The Kier molecular flexibility index (Phi) is 3.53. The SMILES string of the molecule is COc1c(-c2nnc(CNC3CC3)o2)cccc1[N+](=O)[O-]. The molecule has 110 valence electrons. The van der Waals surface area contributed by atoms with E-state index in [0.717, 1.165) is 0 Å². The van der Waals surface area contributed by atoms with E-state index in [4.69, 9.17) is 9.15 Å². The Bertz CT molecular complexity index is 666. The maximum atomic E-state index is 11.0. The highest BCUT2D eigenvalue weighted by Crippen LogP contribution is 2.36. The molecule has 0 atom stereocenters. The number of ether oxygens (including phenoxy) is 1. The number of aromatic nitrogens is 2. The average Bonchev–Trinajstić information content (AvgIpc) is 3.21. The van der Waals surface area contributed by atoms with Crippen molar-refractivity contribution in [3.63, 3.8) is 0 Å². The van der Waals surface area contributed by atoms with Gasteiger partial charge in [0.15, 0.2) is 0 Å². The fourth-order valence-electron chi connectivity index (χ4n) is 2.00. The lowest BCUT2D eigenvalue weighted by Crippen LogP contribution is -2.15. The van der Waals surface area contributed by atoms with E-state index in [1.54, 1.807) is 12.1 Å². The molecular weight excluding hydrogens is 276 g/mol. The number of rotatable bonds is 6. The maximum Gasteiger partial charge on any atom is 0.311 e. The molecule has 1 aliphatic rings.